The summed E-state index contributed by atoms with van der Waals surface area (Å²) in [7, 11) is 1.29. The highest BCUT2D eigenvalue weighted by atomic mass is 35.5. The molecule has 2 aromatic rings. The molecule has 0 aliphatic heterocycles. The van der Waals surface area contributed by atoms with Gasteiger partial charge in [-0.3, -0.25) is 0 Å². The zero-order chi connectivity index (χ0) is 14.5. The maximum atomic E-state index is 13.1. The second-order valence-corrected chi connectivity index (χ2v) is 4.49. The molecule has 0 aliphatic rings. The van der Waals surface area contributed by atoms with Gasteiger partial charge in [0.1, 0.15) is 23.7 Å². The first kappa shape index (κ1) is 14.3. The summed E-state index contributed by atoms with van der Waals surface area (Å²) in [6.45, 7) is 0.127. The lowest BCUT2D eigenvalue weighted by atomic mass is 10.2. The Balaban J connectivity index is 2.20. The molecule has 0 unspecified atom stereocenters. The van der Waals surface area contributed by atoms with E-state index in [1.54, 1.807) is 18.2 Å². The van der Waals surface area contributed by atoms with Gasteiger partial charge in [-0.25, -0.2) is 9.18 Å². The summed E-state index contributed by atoms with van der Waals surface area (Å²) < 4.78 is 23.3. The molecule has 0 N–H and O–H groups in total. The van der Waals surface area contributed by atoms with Crippen LogP contribution in [-0.4, -0.2) is 13.1 Å². The summed E-state index contributed by atoms with van der Waals surface area (Å²) in [4.78, 5) is 11.6. The molecule has 0 spiro atoms. The lowest BCUT2D eigenvalue weighted by Gasteiger charge is -2.10. The number of carbonyl (C=O) groups is 1. The number of rotatable bonds is 4. The number of halogens is 2. The zero-order valence-electron chi connectivity index (χ0n) is 10.7. The van der Waals surface area contributed by atoms with Crippen molar-refractivity contribution < 1.29 is 18.7 Å². The minimum absolute atomic E-state index is 0.127. The minimum Gasteiger partial charge on any atom is -0.488 e. The molecule has 0 saturated heterocycles. The van der Waals surface area contributed by atoms with Crippen LogP contribution in [0, 0.1) is 5.82 Å². The predicted octanol–water partition coefficient (Wildman–Crippen LogP) is 3.84. The Kier molecular flexibility index (Phi) is 4.58. The van der Waals surface area contributed by atoms with E-state index in [2.05, 4.69) is 4.74 Å². The highest BCUT2D eigenvalue weighted by Gasteiger charge is 2.13. The number of ether oxygens (including phenoxy) is 2. The molecule has 0 fully saturated rings. The van der Waals surface area contributed by atoms with Gasteiger partial charge in [-0.15, -0.1) is 0 Å². The van der Waals surface area contributed by atoms with Crippen LogP contribution in [0.1, 0.15) is 15.9 Å². The van der Waals surface area contributed by atoms with Gasteiger partial charge in [-0.05, 0) is 35.9 Å². The summed E-state index contributed by atoms with van der Waals surface area (Å²) in [6.07, 6.45) is 0. The van der Waals surface area contributed by atoms with Crippen molar-refractivity contribution in [3.05, 3.63) is 64.4 Å². The topological polar surface area (TPSA) is 35.5 Å². The Bertz CT molecular complexity index is 628. The zero-order valence-corrected chi connectivity index (χ0v) is 11.5. The third-order valence-electron chi connectivity index (χ3n) is 2.63. The molecule has 5 heteroatoms. The second-order valence-electron chi connectivity index (χ2n) is 4.05. The molecule has 0 heterocycles. The van der Waals surface area contributed by atoms with Crippen molar-refractivity contribution in [2.24, 2.45) is 0 Å². The first-order valence-corrected chi connectivity index (χ1v) is 6.23. The smallest absolute Gasteiger partial charge is 0.341 e. The Morgan fingerprint density at radius 2 is 2.05 bits per heavy atom. The molecule has 0 saturated carbocycles. The maximum absolute atomic E-state index is 13.1. The second kappa shape index (κ2) is 6.39. The molecule has 0 bridgehead atoms. The van der Waals surface area contributed by atoms with E-state index in [-0.39, 0.29) is 18.0 Å². The van der Waals surface area contributed by atoms with Crippen molar-refractivity contribution in [1.82, 2.24) is 0 Å². The summed E-state index contributed by atoms with van der Waals surface area (Å²) in [5.74, 6) is -0.560. The fraction of sp³-hybridized carbons (Fsp3) is 0.133. The van der Waals surface area contributed by atoms with Crippen LogP contribution in [0.25, 0.3) is 0 Å². The number of hydrogen-bond donors (Lipinski definition) is 0. The third kappa shape index (κ3) is 3.48. The van der Waals surface area contributed by atoms with Gasteiger partial charge in [-0.2, -0.15) is 0 Å². The average Bonchev–Trinajstić information content (AvgIpc) is 2.44. The standard InChI is InChI=1S/C15H12ClFO3/c1-19-15(18)13-6-5-11(16)8-14(13)20-9-10-3-2-4-12(17)7-10/h2-8H,9H2,1H3. The van der Waals surface area contributed by atoms with E-state index in [1.807, 2.05) is 0 Å². The van der Waals surface area contributed by atoms with Crippen LogP contribution in [0.5, 0.6) is 5.75 Å². The largest absolute Gasteiger partial charge is 0.488 e. The fourth-order valence-electron chi connectivity index (χ4n) is 1.68. The summed E-state index contributed by atoms with van der Waals surface area (Å²) >= 11 is 5.88. The molecule has 2 aromatic carbocycles. The molecule has 0 aliphatic carbocycles. The fourth-order valence-corrected chi connectivity index (χ4v) is 1.84. The van der Waals surface area contributed by atoms with Gasteiger partial charge < -0.3 is 9.47 Å². The molecule has 0 atom stereocenters. The van der Waals surface area contributed by atoms with Gasteiger partial charge in [0.2, 0.25) is 0 Å². The van der Waals surface area contributed by atoms with E-state index < -0.39 is 5.97 Å². The molecule has 2 rings (SSSR count). The molecule has 0 radical (unpaired) electrons. The van der Waals surface area contributed by atoms with Crippen LogP contribution in [0.3, 0.4) is 0 Å². The summed E-state index contributed by atoms with van der Waals surface area (Å²) in [6, 6.07) is 10.6. The van der Waals surface area contributed by atoms with Crippen LogP contribution >= 0.6 is 11.6 Å². The minimum atomic E-state index is -0.518. The van der Waals surface area contributed by atoms with Crippen molar-refractivity contribution >= 4 is 17.6 Å². The van der Waals surface area contributed by atoms with Crippen LogP contribution in [0.15, 0.2) is 42.5 Å². The quantitative estimate of drug-likeness (QED) is 0.804. The molecular weight excluding hydrogens is 283 g/mol. The monoisotopic (exact) mass is 294 g/mol. The van der Waals surface area contributed by atoms with Crippen molar-refractivity contribution in [2.75, 3.05) is 7.11 Å². The van der Waals surface area contributed by atoms with Crippen molar-refractivity contribution in [3.8, 4) is 5.75 Å². The number of esters is 1. The highest BCUT2D eigenvalue weighted by molar-refractivity contribution is 6.30. The number of benzene rings is 2. The summed E-state index contributed by atoms with van der Waals surface area (Å²) in [5.41, 5.74) is 0.925. The van der Waals surface area contributed by atoms with E-state index >= 15 is 0 Å². The van der Waals surface area contributed by atoms with Gasteiger partial charge in [0.25, 0.3) is 0 Å². The van der Waals surface area contributed by atoms with Gasteiger partial charge in [0.15, 0.2) is 0 Å². The molecule has 20 heavy (non-hydrogen) atoms. The molecule has 0 aromatic heterocycles. The average molecular weight is 295 g/mol. The van der Waals surface area contributed by atoms with Crippen molar-refractivity contribution in [3.63, 3.8) is 0 Å². The van der Waals surface area contributed by atoms with E-state index in [0.717, 1.165) is 0 Å². The Morgan fingerprint density at radius 1 is 1.25 bits per heavy atom. The van der Waals surface area contributed by atoms with E-state index in [4.69, 9.17) is 16.3 Å². The van der Waals surface area contributed by atoms with E-state index in [1.165, 1.54) is 31.4 Å². The maximum Gasteiger partial charge on any atom is 0.341 e. The van der Waals surface area contributed by atoms with Gasteiger partial charge in [-0.1, -0.05) is 23.7 Å². The lowest BCUT2D eigenvalue weighted by Crippen LogP contribution is -2.06. The van der Waals surface area contributed by atoms with Crippen LogP contribution in [-0.2, 0) is 11.3 Å². The Hall–Kier alpha value is -2.07. The lowest BCUT2D eigenvalue weighted by molar-refractivity contribution is 0.0595. The number of carbonyl (C=O) groups excluding carboxylic acids is 1. The number of hydrogen-bond acceptors (Lipinski definition) is 3. The van der Waals surface area contributed by atoms with Crippen LogP contribution < -0.4 is 4.74 Å². The Labute approximate surface area is 120 Å². The van der Waals surface area contributed by atoms with Crippen molar-refractivity contribution in [2.45, 2.75) is 6.61 Å². The highest BCUT2D eigenvalue weighted by Crippen LogP contribution is 2.25. The first-order valence-electron chi connectivity index (χ1n) is 5.85. The SMILES string of the molecule is COC(=O)c1ccc(Cl)cc1OCc1cccc(F)c1. The van der Waals surface area contributed by atoms with Crippen molar-refractivity contribution in [1.29, 1.82) is 0 Å². The van der Waals surface area contributed by atoms with E-state index in [0.29, 0.717) is 16.3 Å². The predicted molar refractivity (Wildman–Crippen MR) is 73.5 cm³/mol. The normalized spacial score (nSPS) is 10.2. The molecule has 104 valence electrons. The van der Waals surface area contributed by atoms with Gasteiger partial charge >= 0.3 is 5.97 Å². The molecule has 0 amide bonds. The molecular formula is C15H12ClFO3. The Morgan fingerprint density at radius 3 is 2.75 bits per heavy atom. The van der Waals surface area contributed by atoms with E-state index in [9.17, 15) is 9.18 Å². The molecule has 3 nitrogen and oxygen atoms in total. The number of methoxy groups -OCH3 is 1. The summed E-state index contributed by atoms with van der Waals surface area (Å²) in [5, 5.41) is 0.437. The van der Waals surface area contributed by atoms with Crippen LogP contribution in [0.4, 0.5) is 4.39 Å². The van der Waals surface area contributed by atoms with Gasteiger partial charge in [0, 0.05) is 5.02 Å². The van der Waals surface area contributed by atoms with Crippen LogP contribution in [0.2, 0.25) is 5.02 Å². The van der Waals surface area contributed by atoms with Gasteiger partial charge in [0.05, 0.1) is 7.11 Å². The third-order valence-corrected chi connectivity index (χ3v) is 2.87. The first-order chi connectivity index (χ1) is 9.60.